The van der Waals surface area contributed by atoms with Crippen LogP contribution in [0.2, 0.25) is 5.02 Å². The summed E-state index contributed by atoms with van der Waals surface area (Å²) in [6.45, 7) is 0.999. The van der Waals surface area contributed by atoms with E-state index in [0.717, 1.165) is 5.69 Å². The van der Waals surface area contributed by atoms with Crippen LogP contribution >= 0.6 is 11.6 Å². The van der Waals surface area contributed by atoms with Crippen molar-refractivity contribution in [3.8, 4) is 0 Å². The van der Waals surface area contributed by atoms with Crippen LogP contribution in [0.4, 0.5) is 5.69 Å². The topological polar surface area (TPSA) is 61.4 Å². The molecule has 16 heavy (non-hydrogen) atoms. The van der Waals surface area contributed by atoms with E-state index in [4.69, 9.17) is 16.7 Å². The Labute approximate surface area is 99.6 Å². The molecule has 3 N–H and O–H groups in total. The smallest absolute Gasteiger partial charge is 0.238 e. The average molecular weight is 243 g/mol. The highest BCUT2D eigenvalue weighted by atomic mass is 35.5. The van der Waals surface area contributed by atoms with Crippen LogP contribution in [0.5, 0.6) is 0 Å². The van der Waals surface area contributed by atoms with Gasteiger partial charge in [-0.05, 0) is 37.2 Å². The van der Waals surface area contributed by atoms with E-state index in [2.05, 4.69) is 10.6 Å². The Balaban J connectivity index is 2.26. The lowest BCUT2D eigenvalue weighted by molar-refractivity contribution is -0.115. The lowest BCUT2D eigenvalue weighted by Gasteiger charge is -2.06. The fourth-order valence-corrected chi connectivity index (χ4v) is 1.27. The molecular formula is C11H15ClN2O2. The Morgan fingerprint density at radius 3 is 2.62 bits per heavy atom. The number of nitrogens with one attached hydrogen (secondary N) is 2. The quantitative estimate of drug-likeness (QED) is 0.658. The first kappa shape index (κ1) is 13.0. The van der Waals surface area contributed by atoms with Crippen molar-refractivity contribution in [2.75, 3.05) is 25.0 Å². The molecular weight excluding hydrogens is 228 g/mol. The second-order valence-electron chi connectivity index (χ2n) is 3.31. The number of benzene rings is 1. The fourth-order valence-electron chi connectivity index (χ4n) is 1.14. The van der Waals surface area contributed by atoms with E-state index >= 15 is 0 Å². The van der Waals surface area contributed by atoms with Gasteiger partial charge in [0.2, 0.25) is 5.91 Å². The summed E-state index contributed by atoms with van der Waals surface area (Å²) in [6, 6.07) is 6.93. The molecule has 0 saturated carbocycles. The van der Waals surface area contributed by atoms with Crippen molar-refractivity contribution < 1.29 is 9.90 Å². The molecule has 4 nitrogen and oxygen atoms in total. The molecule has 88 valence electrons. The number of carbonyl (C=O) groups excluding carboxylic acids is 1. The highest BCUT2D eigenvalue weighted by molar-refractivity contribution is 6.30. The van der Waals surface area contributed by atoms with E-state index in [1.54, 1.807) is 24.3 Å². The summed E-state index contributed by atoms with van der Waals surface area (Å²) in [5.41, 5.74) is 0.721. The summed E-state index contributed by atoms with van der Waals surface area (Å²) in [7, 11) is 0. The van der Waals surface area contributed by atoms with Gasteiger partial charge in [0.1, 0.15) is 0 Å². The largest absolute Gasteiger partial charge is 0.396 e. The summed E-state index contributed by atoms with van der Waals surface area (Å²) in [6.07, 6.45) is 0.647. The van der Waals surface area contributed by atoms with Gasteiger partial charge in [-0.15, -0.1) is 0 Å². The molecule has 0 aliphatic carbocycles. The third kappa shape index (κ3) is 5.11. The Kier molecular flexibility index (Phi) is 5.85. The van der Waals surface area contributed by atoms with Crippen LogP contribution in [0.25, 0.3) is 0 Å². The Morgan fingerprint density at radius 1 is 1.31 bits per heavy atom. The molecule has 1 aromatic carbocycles. The van der Waals surface area contributed by atoms with Crippen molar-refractivity contribution in [2.45, 2.75) is 6.42 Å². The van der Waals surface area contributed by atoms with Crippen LogP contribution in [-0.4, -0.2) is 30.7 Å². The van der Waals surface area contributed by atoms with Crippen molar-refractivity contribution in [3.63, 3.8) is 0 Å². The molecule has 0 aliphatic heterocycles. The molecule has 1 rings (SSSR count). The van der Waals surface area contributed by atoms with Crippen molar-refractivity contribution in [1.82, 2.24) is 5.32 Å². The minimum Gasteiger partial charge on any atom is -0.396 e. The zero-order valence-electron chi connectivity index (χ0n) is 8.87. The second kappa shape index (κ2) is 7.22. The highest BCUT2D eigenvalue weighted by Crippen LogP contribution is 2.12. The van der Waals surface area contributed by atoms with Crippen LogP contribution in [0, 0.1) is 0 Å². The molecule has 5 heteroatoms. The summed E-state index contributed by atoms with van der Waals surface area (Å²) < 4.78 is 0. The Hall–Kier alpha value is -1.10. The lowest BCUT2D eigenvalue weighted by Crippen LogP contribution is -2.29. The van der Waals surface area contributed by atoms with E-state index in [1.807, 2.05) is 0 Å². The van der Waals surface area contributed by atoms with Crippen LogP contribution < -0.4 is 10.6 Å². The van der Waals surface area contributed by atoms with Crippen LogP contribution in [0.3, 0.4) is 0 Å². The maximum absolute atomic E-state index is 11.4. The number of rotatable bonds is 6. The molecule has 0 saturated heterocycles. The normalized spacial score (nSPS) is 10.1. The summed E-state index contributed by atoms with van der Waals surface area (Å²) in [4.78, 5) is 11.4. The van der Waals surface area contributed by atoms with Gasteiger partial charge in [-0.1, -0.05) is 11.6 Å². The predicted molar refractivity (Wildman–Crippen MR) is 64.7 cm³/mol. The van der Waals surface area contributed by atoms with Crippen LogP contribution in [-0.2, 0) is 4.79 Å². The van der Waals surface area contributed by atoms with E-state index in [9.17, 15) is 4.79 Å². The molecule has 1 amide bonds. The second-order valence-corrected chi connectivity index (χ2v) is 3.75. The van der Waals surface area contributed by atoms with Crippen molar-refractivity contribution >= 4 is 23.2 Å². The van der Waals surface area contributed by atoms with Crippen molar-refractivity contribution in [1.29, 1.82) is 0 Å². The van der Waals surface area contributed by atoms with Gasteiger partial charge in [-0.3, -0.25) is 4.79 Å². The predicted octanol–water partition coefficient (Wildman–Crippen LogP) is 1.25. The summed E-state index contributed by atoms with van der Waals surface area (Å²) in [5.74, 6) is -0.111. The number of hydrogen-bond donors (Lipinski definition) is 3. The molecule has 0 heterocycles. The van der Waals surface area contributed by atoms with Crippen LogP contribution in [0.1, 0.15) is 6.42 Å². The number of aliphatic hydroxyl groups excluding tert-OH is 1. The molecule has 0 fully saturated rings. The van der Waals surface area contributed by atoms with E-state index in [0.29, 0.717) is 18.0 Å². The first-order valence-electron chi connectivity index (χ1n) is 5.09. The fraction of sp³-hybridized carbons (Fsp3) is 0.364. The summed E-state index contributed by atoms with van der Waals surface area (Å²) in [5, 5.41) is 14.8. The molecule has 0 radical (unpaired) electrons. The molecule has 0 spiro atoms. The molecule has 0 aromatic heterocycles. The van der Waals surface area contributed by atoms with Gasteiger partial charge in [-0.2, -0.15) is 0 Å². The number of anilines is 1. The first-order chi connectivity index (χ1) is 7.72. The maximum Gasteiger partial charge on any atom is 0.238 e. The average Bonchev–Trinajstić information content (AvgIpc) is 2.28. The molecule has 0 bridgehead atoms. The number of aliphatic hydroxyl groups is 1. The third-order valence-corrected chi connectivity index (χ3v) is 2.18. The van der Waals surface area contributed by atoms with Crippen LogP contribution in [0.15, 0.2) is 24.3 Å². The van der Waals surface area contributed by atoms with Gasteiger partial charge in [-0.25, -0.2) is 0 Å². The first-order valence-corrected chi connectivity index (χ1v) is 5.47. The monoisotopic (exact) mass is 242 g/mol. The van der Waals surface area contributed by atoms with Gasteiger partial charge in [0.15, 0.2) is 0 Å². The van der Waals surface area contributed by atoms with Gasteiger partial charge in [0.05, 0.1) is 6.54 Å². The van der Waals surface area contributed by atoms with E-state index in [-0.39, 0.29) is 19.1 Å². The van der Waals surface area contributed by atoms with Crippen molar-refractivity contribution in [3.05, 3.63) is 29.3 Å². The SMILES string of the molecule is O=C(CNCCCO)Nc1ccc(Cl)cc1. The number of carbonyl (C=O) groups is 1. The van der Waals surface area contributed by atoms with Crippen molar-refractivity contribution in [2.24, 2.45) is 0 Å². The van der Waals surface area contributed by atoms with E-state index in [1.165, 1.54) is 0 Å². The molecule has 0 unspecified atom stereocenters. The van der Waals surface area contributed by atoms with Gasteiger partial charge in [0.25, 0.3) is 0 Å². The van der Waals surface area contributed by atoms with Gasteiger partial charge >= 0.3 is 0 Å². The molecule has 0 atom stereocenters. The lowest BCUT2D eigenvalue weighted by atomic mass is 10.3. The third-order valence-electron chi connectivity index (χ3n) is 1.93. The zero-order valence-corrected chi connectivity index (χ0v) is 9.63. The minimum absolute atomic E-state index is 0.111. The maximum atomic E-state index is 11.4. The van der Waals surface area contributed by atoms with E-state index < -0.39 is 0 Å². The number of amides is 1. The van der Waals surface area contributed by atoms with Gasteiger partial charge < -0.3 is 15.7 Å². The Bertz CT molecular complexity index is 327. The highest BCUT2D eigenvalue weighted by Gasteiger charge is 2.00. The Morgan fingerprint density at radius 2 is 2.00 bits per heavy atom. The summed E-state index contributed by atoms with van der Waals surface area (Å²) >= 11 is 5.72. The zero-order chi connectivity index (χ0) is 11.8. The molecule has 1 aromatic rings. The van der Waals surface area contributed by atoms with Gasteiger partial charge in [0, 0.05) is 17.3 Å². The standard InChI is InChI=1S/C11H15ClN2O2/c12-9-2-4-10(5-3-9)14-11(16)8-13-6-1-7-15/h2-5,13,15H,1,6-8H2,(H,14,16). The minimum atomic E-state index is -0.111. The molecule has 0 aliphatic rings. The number of hydrogen-bond acceptors (Lipinski definition) is 3. The number of halogens is 1.